The van der Waals surface area contributed by atoms with E-state index in [-0.39, 0.29) is 11.6 Å². The second-order valence-electron chi connectivity index (χ2n) is 6.12. The van der Waals surface area contributed by atoms with E-state index < -0.39 is 0 Å². The van der Waals surface area contributed by atoms with E-state index >= 15 is 0 Å². The fraction of sp³-hybridized carbons (Fsp3) is 0.933. The average molecular weight is 266 g/mol. The molecule has 4 nitrogen and oxygen atoms in total. The normalized spacial score (nSPS) is 34.8. The summed E-state index contributed by atoms with van der Waals surface area (Å²) in [7, 11) is 0. The van der Waals surface area contributed by atoms with Gasteiger partial charge in [-0.1, -0.05) is 6.42 Å². The van der Waals surface area contributed by atoms with Gasteiger partial charge in [0.1, 0.15) is 5.54 Å². The number of hydrogen-bond acceptors (Lipinski definition) is 4. The zero-order valence-electron chi connectivity index (χ0n) is 12.2. The Balaban J connectivity index is 1.81. The van der Waals surface area contributed by atoms with E-state index in [1.165, 1.54) is 0 Å². The minimum absolute atomic E-state index is 0.274. The summed E-state index contributed by atoms with van der Waals surface area (Å²) >= 11 is 0. The van der Waals surface area contributed by atoms with Gasteiger partial charge >= 0.3 is 0 Å². The van der Waals surface area contributed by atoms with Crippen molar-refractivity contribution < 1.29 is 9.47 Å². The summed E-state index contributed by atoms with van der Waals surface area (Å²) < 4.78 is 11.2. The Morgan fingerprint density at radius 2 is 2.32 bits per heavy atom. The fourth-order valence-electron chi connectivity index (χ4n) is 3.37. The van der Waals surface area contributed by atoms with Crippen LogP contribution in [0.1, 0.15) is 46.0 Å². The molecule has 0 aromatic rings. The molecular formula is C15H26N2O2. The first kappa shape index (κ1) is 14.8. The van der Waals surface area contributed by atoms with Gasteiger partial charge in [-0.25, -0.2) is 0 Å². The second kappa shape index (κ2) is 6.69. The maximum Gasteiger partial charge on any atom is 0.109 e. The molecule has 0 aromatic heterocycles. The summed E-state index contributed by atoms with van der Waals surface area (Å²) in [6.45, 7) is 6.53. The summed E-state index contributed by atoms with van der Waals surface area (Å²) in [6.07, 6.45) is 5.51. The van der Waals surface area contributed by atoms with Crippen LogP contribution < -0.4 is 5.32 Å². The van der Waals surface area contributed by atoms with Gasteiger partial charge in [0.15, 0.2) is 0 Å². The number of nitriles is 1. The van der Waals surface area contributed by atoms with E-state index in [4.69, 9.17) is 9.47 Å². The third kappa shape index (κ3) is 3.68. The van der Waals surface area contributed by atoms with E-state index in [2.05, 4.69) is 25.2 Å². The van der Waals surface area contributed by atoms with Crippen LogP contribution in [0, 0.1) is 17.2 Å². The van der Waals surface area contributed by atoms with Crippen molar-refractivity contribution in [2.24, 2.45) is 5.92 Å². The lowest BCUT2D eigenvalue weighted by Crippen LogP contribution is -2.50. The van der Waals surface area contributed by atoms with E-state index in [0.717, 1.165) is 51.9 Å². The highest BCUT2D eigenvalue weighted by molar-refractivity contribution is 5.14. The lowest BCUT2D eigenvalue weighted by Gasteiger charge is -2.32. The molecule has 4 heteroatoms. The molecule has 19 heavy (non-hydrogen) atoms. The predicted octanol–water partition coefficient (Wildman–Crippen LogP) is 2.24. The van der Waals surface area contributed by atoms with Crippen LogP contribution >= 0.6 is 0 Å². The Kier molecular flexibility index (Phi) is 5.20. The summed E-state index contributed by atoms with van der Waals surface area (Å²) in [5.74, 6) is 0.419. The van der Waals surface area contributed by atoms with Crippen molar-refractivity contribution in [3.8, 4) is 6.07 Å². The molecule has 3 unspecified atom stereocenters. The van der Waals surface area contributed by atoms with Crippen LogP contribution in [-0.4, -0.2) is 37.5 Å². The summed E-state index contributed by atoms with van der Waals surface area (Å²) in [5, 5.41) is 13.1. The molecule has 0 amide bonds. The first-order chi connectivity index (χ1) is 9.16. The Morgan fingerprint density at radius 3 is 2.95 bits per heavy atom. The lowest BCUT2D eigenvalue weighted by molar-refractivity contribution is 0.0319. The molecule has 1 N–H and O–H groups in total. The SMILES string of the molecule is CC(C)NC1(C#N)CCCC1CCOC1CCOC1. The molecule has 1 saturated heterocycles. The zero-order chi connectivity index (χ0) is 13.7. The highest BCUT2D eigenvalue weighted by Gasteiger charge is 2.43. The van der Waals surface area contributed by atoms with Crippen molar-refractivity contribution in [3.63, 3.8) is 0 Å². The number of rotatable bonds is 6. The highest BCUT2D eigenvalue weighted by Crippen LogP contribution is 2.38. The summed E-state index contributed by atoms with van der Waals surface area (Å²) in [5.41, 5.74) is -0.330. The molecule has 2 aliphatic rings. The van der Waals surface area contributed by atoms with Crippen LogP contribution in [0.4, 0.5) is 0 Å². The summed E-state index contributed by atoms with van der Waals surface area (Å²) in [4.78, 5) is 0. The van der Waals surface area contributed by atoms with Gasteiger partial charge in [0, 0.05) is 19.3 Å². The fourth-order valence-corrected chi connectivity index (χ4v) is 3.37. The van der Waals surface area contributed by atoms with Gasteiger partial charge in [-0.2, -0.15) is 5.26 Å². The molecular weight excluding hydrogens is 240 g/mol. The van der Waals surface area contributed by atoms with Crippen LogP contribution in [0.5, 0.6) is 0 Å². The molecule has 2 fully saturated rings. The Hall–Kier alpha value is -0.630. The number of nitrogens with zero attached hydrogens (tertiary/aromatic N) is 1. The molecule has 1 aliphatic heterocycles. The van der Waals surface area contributed by atoms with Crippen molar-refractivity contribution in [1.82, 2.24) is 5.32 Å². The molecule has 0 spiro atoms. The minimum atomic E-state index is -0.330. The van der Waals surface area contributed by atoms with E-state index in [1.54, 1.807) is 0 Å². The predicted molar refractivity (Wildman–Crippen MR) is 73.7 cm³/mol. The quantitative estimate of drug-likeness (QED) is 0.801. The zero-order valence-corrected chi connectivity index (χ0v) is 12.2. The first-order valence-electron chi connectivity index (χ1n) is 7.54. The molecule has 0 bridgehead atoms. The third-order valence-electron chi connectivity index (χ3n) is 4.27. The third-order valence-corrected chi connectivity index (χ3v) is 4.27. The maximum absolute atomic E-state index is 9.57. The molecule has 1 aliphatic carbocycles. The van der Waals surface area contributed by atoms with Crippen molar-refractivity contribution in [1.29, 1.82) is 5.26 Å². The van der Waals surface area contributed by atoms with Gasteiger partial charge in [0.2, 0.25) is 0 Å². The Labute approximate surface area is 116 Å². The van der Waals surface area contributed by atoms with Crippen molar-refractivity contribution >= 4 is 0 Å². The van der Waals surface area contributed by atoms with E-state index in [1.807, 2.05) is 0 Å². The van der Waals surface area contributed by atoms with Crippen molar-refractivity contribution in [2.75, 3.05) is 19.8 Å². The van der Waals surface area contributed by atoms with Gasteiger partial charge in [-0.3, -0.25) is 5.32 Å². The topological polar surface area (TPSA) is 54.3 Å². The lowest BCUT2D eigenvalue weighted by atomic mass is 9.85. The van der Waals surface area contributed by atoms with Crippen molar-refractivity contribution in [3.05, 3.63) is 0 Å². The van der Waals surface area contributed by atoms with Gasteiger partial charge < -0.3 is 9.47 Å². The molecule has 1 heterocycles. The molecule has 1 saturated carbocycles. The molecule has 0 radical (unpaired) electrons. The molecule has 108 valence electrons. The highest BCUT2D eigenvalue weighted by atomic mass is 16.5. The van der Waals surface area contributed by atoms with Gasteiger partial charge in [-0.05, 0) is 45.4 Å². The van der Waals surface area contributed by atoms with E-state index in [9.17, 15) is 5.26 Å². The molecule has 0 aromatic carbocycles. The first-order valence-corrected chi connectivity index (χ1v) is 7.54. The van der Waals surface area contributed by atoms with Crippen LogP contribution in [0.25, 0.3) is 0 Å². The van der Waals surface area contributed by atoms with Gasteiger partial charge in [-0.15, -0.1) is 0 Å². The average Bonchev–Trinajstić information content (AvgIpc) is 3.00. The maximum atomic E-state index is 9.57. The second-order valence-corrected chi connectivity index (χ2v) is 6.12. The van der Waals surface area contributed by atoms with Crippen LogP contribution in [0.15, 0.2) is 0 Å². The Morgan fingerprint density at radius 1 is 1.47 bits per heavy atom. The van der Waals surface area contributed by atoms with Gasteiger partial charge in [0.25, 0.3) is 0 Å². The van der Waals surface area contributed by atoms with Crippen molar-refractivity contribution in [2.45, 2.75) is 63.6 Å². The largest absolute Gasteiger partial charge is 0.379 e. The summed E-state index contributed by atoms with van der Waals surface area (Å²) in [6, 6.07) is 2.90. The monoisotopic (exact) mass is 266 g/mol. The van der Waals surface area contributed by atoms with Crippen LogP contribution in [0.2, 0.25) is 0 Å². The molecule has 3 atom stereocenters. The van der Waals surface area contributed by atoms with Crippen LogP contribution in [-0.2, 0) is 9.47 Å². The van der Waals surface area contributed by atoms with Crippen LogP contribution in [0.3, 0.4) is 0 Å². The minimum Gasteiger partial charge on any atom is -0.379 e. The number of hydrogen-bond donors (Lipinski definition) is 1. The Bertz CT molecular complexity index is 321. The van der Waals surface area contributed by atoms with Gasteiger partial charge in [0.05, 0.1) is 18.8 Å². The number of ether oxygens (including phenoxy) is 2. The standard InChI is InChI=1S/C15H26N2O2/c1-12(2)17-15(11-16)7-3-4-13(15)5-9-19-14-6-8-18-10-14/h12-14,17H,3-10H2,1-2H3. The van der Waals surface area contributed by atoms with E-state index in [0.29, 0.717) is 12.0 Å². The number of nitrogens with one attached hydrogen (secondary N) is 1. The smallest absolute Gasteiger partial charge is 0.109 e. The molecule has 2 rings (SSSR count).